The lowest BCUT2D eigenvalue weighted by Gasteiger charge is -2.16. The number of nitrogens with one attached hydrogen (secondary N) is 4. The molecule has 0 aliphatic heterocycles. The fraction of sp³-hybridized carbons (Fsp3) is 0.524. The Labute approximate surface area is 180 Å². The van der Waals surface area contributed by atoms with Gasteiger partial charge in [-0.15, -0.1) is 0 Å². The van der Waals surface area contributed by atoms with Crippen molar-refractivity contribution in [3.8, 4) is 0 Å². The molecule has 3 aromatic rings. The molecule has 1 amide bonds. The van der Waals surface area contributed by atoms with E-state index in [4.69, 9.17) is 4.74 Å². The number of carbonyl (C=O) groups is 1. The number of hydrogen-bond donors (Lipinski definition) is 4. The molecule has 2 saturated carbocycles. The molecule has 3 aromatic heterocycles. The van der Waals surface area contributed by atoms with Crippen LogP contribution in [0, 0.1) is 0 Å². The normalized spacial score (nSPS) is 21.9. The second-order valence-electron chi connectivity index (χ2n) is 8.83. The van der Waals surface area contributed by atoms with Crippen molar-refractivity contribution in [1.82, 2.24) is 35.4 Å². The van der Waals surface area contributed by atoms with Gasteiger partial charge in [0.15, 0.2) is 11.6 Å². The van der Waals surface area contributed by atoms with Gasteiger partial charge in [0.2, 0.25) is 0 Å². The third-order valence-corrected chi connectivity index (χ3v) is 6.14. The Morgan fingerprint density at radius 2 is 2.23 bits per heavy atom. The summed E-state index contributed by atoms with van der Waals surface area (Å²) in [5.74, 6) is 1.70. The number of anilines is 2. The van der Waals surface area contributed by atoms with Gasteiger partial charge in [-0.2, -0.15) is 10.2 Å². The Morgan fingerprint density at radius 1 is 1.35 bits per heavy atom. The largest absolute Gasteiger partial charge is 0.446 e. The molecule has 0 radical (unpaired) electrons. The number of aromatic amines is 1. The molecule has 0 aromatic carbocycles. The van der Waals surface area contributed by atoms with Gasteiger partial charge in [-0.1, -0.05) is 0 Å². The van der Waals surface area contributed by atoms with Crippen molar-refractivity contribution < 1.29 is 9.53 Å². The van der Waals surface area contributed by atoms with Crippen LogP contribution < -0.4 is 16.0 Å². The summed E-state index contributed by atoms with van der Waals surface area (Å²) in [6.45, 7) is 2.74. The molecular weight excluding hydrogens is 396 g/mol. The average molecular weight is 425 g/mol. The topological polar surface area (TPSA) is 121 Å². The minimum absolute atomic E-state index is 0.0557. The van der Waals surface area contributed by atoms with Crippen LogP contribution in [-0.2, 0) is 11.3 Å². The molecule has 0 spiro atoms. The maximum atomic E-state index is 12.1. The molecule has 2 aliphatic rings. The molecule has 10 nitrogen and oxygen atoms in total. The third-order valence-electron chi connectivity index (χ3n) is 6.14. The molecule has 4 N–H and O–H groups in total. The Balaban J connectivity index is 1.22. The lowest BCUT2D eigenvalue weighted by atomic mass is 10.0. The fourth-order valence-electron chi connectivity index (χ4n) is 4.14. The number of fused-ring (bicyclic) bond motifs is 1. The lowest BCUT2D eigenvalue weighted by molar-refractivity contribution is 0.0967. The molecule has 0 saturated heterocycles. The highest BCUT2D eigenvalue weighted by Gasteiger charge is 2.40. The fourth-order valence-corrected chi connectivity index (χ4v) is 4.14. The summed E-state index contributed by atoms with van der Waals surface area (Å²) < 4.78 is 7.43. The highest BCUT2D eigenvalue weighted by Crippen LogP contribution is 2.37. The number of alkyl carbamates (subject to hydrolysis) is 1. The number of H-pyrrole nitrogens is 1. The highest BCUT2D eigenvalue weighted by atomic mass is 16.6. The van der Waals surface area contributed by atoms with Crippen LogP contribution in [0.15, 0.2) is 24.5 Å². The molecule has 31 heavy (non-hydrogen) atoms. The minimum atomic E-state index is -0.296. The molecule has 2 aliphatic carbocycles. The molecule has 2 atom stereocenters. The van der Waals surface area contributed by atoms with Crippen molar-refractivity contribution in [3.63, 3.8) is 0 Å². The molecule has 164 valence electrons. The first kappa shape index (κ1) is 19.8. The van der Waals surface area contributed by atoms with Gasteiger partial charge in [0.1, 0.15) is 11.6 Å². The second kappa shape index (κ2) is 7.84. The van der Waals surface area contributed by atoms with Crippen LogP contribution in [0.3, 0.4) is 0 Å². The quantitative estimate of drug-likeness (QED) is 0.460. The molecule has 5 rings (SSSR count). The van der Waals surface area contributed by atoms with Gasteiger partial charge < -0.3 is 20.7 Å². The van der Waals surface area contributed by atoms with Crippen molar-refractivity contribution in [2.24, 2.45) is 0 Å². The number of nitrogens with zero attached hydrogens (tertiary/aromatic N) is 4. The minimum Gasteiger partial charge on any atom is -0.446 e. The van der Waals surface area contributed by atoms with E-state index < -0.39 is 0 Å². The monoisotopic (exact) mass is 424 g/mol. The van der Waals surface area contributed by atoms with E-state index in [1.165, 1.54) is 0 Å². The van der Waals surface area contributed by atoms with Gasteiger partial charge in [0.05, 0.1) is 5.69 Å². The van der Waals surface area contributed by atoms with Gasteiger partial charge in [0, 0.05) is 42.2 Å². The summed E-state index contributed by atoms with van der Waals surface area (Å²) in [4.78, 5) is 16.5. The summed E-state index contributed by atoms with van der Waals surface area (Å²) in [7, 11) is 1.89. The lowest BCUT2D eigenvalue weighted by Crippen LogP contribution is -2.36. The molecular formula is C21H28N8O2. The molecule has 2 fully saturated rings. The van der Waals surface area contributed by atoms with Crippen LogP contribution in [0.2, 0.25) is 0 Å². The first-order valence-electron chi connectivity index (χ1n) is 10.8. The van der Waals surface area contributed by atoms with E-state index in [1.54, 1.807) is 6.20 Å². The van der Waals surface area contributed by atoms with Crippen LogP contribution >= 0.6 is 0 Å². The second-order valence-corrected chi connectivity index (χ2v) is 8.83. The smallest absolute Gasteiger partial charge is 0.407 e. The number of rotatable bonds is 7. The average Bonchev–Trinajstić information content (AvgIpc) is 3.16. The van der Waals surface area contributed by atoms with Crippen molar-refractivity contribution >= 4 is 23.2 Å². The van der Waals surface area contributed by atoms with Gasteiger partial charge in [-0.25, -0.2) is 14.3 Å². The standard InChI is InChI=1S/C21H28N8O2/c1-21(5-6-21)25-20(30)31-15-4-3-13(9-15)16-11-18(27-26-16)24-19-17-10-14(12-22-2)28-29(17)8-7-23-19/h7-8,10-11,13,15,22H,3-6,9,12H2,1-2H3,(H,25,30)(H2,23,24,26,27). The van der Waals surface area contributed by atoms with E-state index in [0.29, 0.717) is 24.1 Å². The summed E-state index contributed by atoms with van der Waals surface area (Å²) in [6.07, 6.45) is 7.86. The Bertz CT molecular complexity index is 1090. The van der Waals surface area contributed by atoms with Crippen molar-refractivity contribution in [2.75, 3.05) is 12.4 Å². The zero-order valence-electron chi connectivity index (χ0n) is 17.8. The summed E-state index contributed by atoms with van der Waals surface area (Å²) in [6, 6.07) is 4.01. The van der Waals surface area contributed by atoms with Gasteiger partial charge >= 0.3 is 6.09 Å². The van der Waals surface area contributed by atoms with Crippen LogP contribution in [0.4, 0.5) is 16.4 Å². The molecule has 0 bridgehead atoms. The van der Waals surface area contributed by atoms with Crippen LogP contribution in [0.1, 0.15) is 56.3 Å². The molecule has 10 heteroatoms. The predicted molar refractivity (Wildman–Crippen MR) is 115 cm³/mol. The van der Waals surface area contributed by atoms with Crippen LogP contribution in [0.5, 0.6) is 0 Å². The van der Waals surface area contributed by atoms with Crippen molar-refractivity contribution in [3.05, 3.63) is 35.9 Å². The van der Waals surface area contributed by atoms with Gasteiger partial charge in [-0.3, -0.25) is 5.10 Å². The maximum absolute atomic E-state index is 12.1. The summed E-state index contributed by atoms with van der Waals surface area (Å²) in [5.41, 5.74) is 2.82. The third kappa shape index (κ3) is 4.34. The number of amides is 1. The van der Waals surface area contributed by atoms with Crippen molar-refractivity contribution in [2.45, 2.75) is 63.1 Å². The number of carbonyl (C=O) groups excluding carboxylic acids is 1. The SMILES string of the molecule is CNCc1cc2c(Nc3cc(C4CCC(OC(=O)NC5(C)CC5)C4)[nH]n3)nccn2n1. The number of aromatic nitrogens is 5. The van der Waals surface area contributed by atoms with E-state index in [9.17, 15) is 4.79 Å². The Kier molecular flexibility index (Phi) is 5.01. The predicted octanol–water partition coefficient (Wildman–Crippen LogP) is 2.83. The Morgan fingerprint density at radius 3 is 3.03 bits per heavy atom. The van der Waals surface area contributed by atoms with Crippen molar-refractivity contribution in [1.29, 1.82) is 0 Å². The van der Waals surface area contributed by atoms with Crippen LogP contribution in [-0.4, -0.2) is 49.6 Å². The van der Waals surface area contributed by atoms with E-state index in [0.717, 1.165) is 49.0 Å². The highest BCUT2D eigenvalue weighted by molar-refractivity contribution is 5.72. The molecule has 2 unspecified atom stereocenters. The zero-order valence-corrected chi connectivity index (χ0v) is 17.8. The summed E-state index contributed by atoms with van der Waals surface area (Å²) >= 11 is 0. The van der Waals surface area contributed by atoms with E-state index >= 15 is 0 Å². The Hall–Kier alpha value is -3.14. The van der Waals surface area contributed by atoms with Crippen LogP contribution in [0.25, 0.3) is 5.52 Å². The first-order valence-corrected chi connectivity index (χ1v) is 10.8. The number of ether oxygens (including phenoxy) is 1. The first-order chi connectivity index (χ1) is 15.0. The number of hydrogen-bond acceptors (Lipinski definition) is 7. The zero-order chi connectivity index (χ0) is 21.4. The maximum Gasteiger partial charge on any atom is 0.407 e. The molecule has 3 heterocycles. The van der Waals surface area contributed by atoms with E-state index in [2.05, 4.69) is 36.2 Å². The van der Waals surface area contributed by atoms with Gasteiger partial charge in [-0.05, 0) is 52.1 Å². The summed E-state index contributed by atoms with van der Waals surface area (Å²) in [5, 5.41) is 21.4. The van der Waals surface area contributed by atoms with Gasteiger partial charge in [0.25, 0.3) is 0 Å². The van der Waals surface area contributed by atoms with E-state index in [-0.39, 0.29) is 17.7 Å². The van der Waals surface area contributed by atoms with E-state index in [1.807, 2.05) is 36.8 Å².